The van der Waals surface area contributed by atoms with Gasteiger partial charge in [0.05, 0.1) is 11.2 Å². The summed E-state index contributed by atoms with van der Waals surface area (Å²) >= 11 is 0. The molecule has 0 aromatic heterocycles. The van der Waals surface area contributed by atoms with Crippen molar-refractivity contribution >= 4 is 24.4 Å². The second-order valence-corrected chi connectivity index (χ2v) is 11.0. The molecule has 1 amide bonds. The Labute approximate surface area is 181 Å². The maximum Gasteiger partial charge on any atom is 0.494 e. The lowest BCUT2D eigenvalue weighted by Crippen LogP contribution is -2.41. The average Bonchev–Trinajstić information content (AvgIpc) is 3.23. The Bertz CT molecular complexity index is 772. The summed E-state index contributed by atoms with van der Waals surface area (Å²) < 4.78 is 17.9. The zero-order valence-corrected chi connectivity index (χ0v) is 19.4. The fraction of sp³-hybridized carbons (Fsp3) is 0.696. The molecule has 0 aliphatic carbocycles. The molecule has 3 aliphatic rings. The summed E-state index contributed by atoms with van der Waals surface area (Å²) in [7, 11) is -0.329. The summed E-state index contributed by atoms with van der Waals surface area (Å²) in [5.41, 5.74) is 1.16. The van der Waals surface area contributed by atoms with Crippen molar-refractivity contribution in [2.45, 2.75) is 65.3 Å². The summed E-state index contributed by atoms with van der Waals surface area (Å²) in [5.74, 6) is 1.00. The topological polar surface area (TPSA) is 51.2 Å². The molecular weight excluding hydrogens is 379 g/mol. The van der Waals surface area contributed by atoms with Crippen molar-refractivity contribution in [3.05, 3.63) is 24.3 Å². The molecule has 1 aromatic carbocycles. The number of fused-ring (bicyclic) bond motifs is 1. The molecule has 3 fully saturated rings. The minimum atomic E-state index is -0.445. The van der Waals surface area contributed by atoms with Gasteiger partial charge in [-0.25, -0.2) is 4.79 Å². The molecule has 0 unspecified atom stereocenters. The summed E-state index contributed by atoms with van der Waals surface area (Å²) in [6, 6.07) is 8.54. The molecule has 3 aliphatic heterocycles. The van der Waals surface area contributed by atoms with Crippen molar-refractivity contribution in [2.75, 3.05) is 31.1 Å². The van der Waals surface area contributed by atoms with Gasteiger partial charge in [-0.05, 0) is 66.1 Å². The number of carbonyl (C=O) groups is 1. The van der Waals surface area contributed by atoms with E-state index >= 15 is 0 Å². The summed E-state index contributed by atoms with van der Waals surface area (Å²) in [4.78, 5) is 16.7. The van der Waals surface area contributed by atoms with Gasteiger partial charge in [-0.2, -0.15) is 0 Å². The SMILES string of the molecule is CC(C)(C)OC(=O)N1C[C@@H]2CN(c3ccc(B4OC(C)(C)C(C)(C)O4)cc3)C[C@@H]2C1. The first-order valence-electron chi connectivity index (χ1n) is 11.0. The Morgan fingerprint density at radius 2 is 1.47 bits per heavy atom. The van der Waals surface area contributed by atoms with E-state index in [1.807, 2.05) is 25.7 Å². The number of amides is 1. The molecule has 3 saturated heterocycles. The van der Waals surface area contributed by atoms with Crippen LogP contribution in [-0.2, 0) is 14.0 Å². The number of benzene rings is 1. The minimum Gasteiger partial charge on any atom is -0.444 e. The van der Waals surface area contributed by atoms with E-state index in [4.69, 9.17) is 14.0 Å². The van der Waals surface area contributed by atoms with Crippen LogP contribution >= 0.6 is 0 Å². The third kappa shape index (κ3) is 4.06. The first kappa shape index (κ1) is 21.5. The van der Waals surface area contributed by atoms with Gasteiger partial charge >= 0.3 is 13.2 Å². The second kappa shape index (κ2) is 7.16. The summed E-state index contributed by atoms with van der Waals surface area (Å²) in [6.07, 6.45) is -0.185. The number of ether oxygens (including phenoxy) is 1. The van der Waals surface area contributed by atoms with Crippen LogP contribution in [-0.4, -0.2) is 61.1 Å². The van der Waals surface area contributed by atoms with Crippen LogP contribution in [0.3, 0.4) is 0 Å². The number of anilines is 1. The van der Waals surface area contributed by atoms with Crippen LogP contribution in [0.2, 0.25) is 0 Å². The van der Waals surface area contributed by atoms with E-state index in [1.165, 1.54) is 5.69 Å². The van der Waals surface area contributed by atoms with Gasteiger partial charge in [-0.3, -0.25) is 0 Å². The minimum absolute atomic E-state index is 0.185. The zero-order valence-electron chi connectivity index (χ0n) is 19.4. The Hall–Kier alpha value is -1.73. The van der Waals surface area contributed by atoms with Crippen LogP contribution < -0.4 is 10.4 Å². The van der Waals surface area contributed by atoms with Gasteiger partial charge in [-0.15, -0.1) is 0 Å². The largest absolute Gasteiger partial charge is 0.494 e. The van der Waals surface area contributed by atoms with Crippen LogP contribution in [0.5, 0.6) is 0 Å². The highest BCUT2D eigenvalue weighted by Gasteiger charge is 2.51. The highest BCUT2D eigenvalue weighted by Crippen LogP contribution is 2.37. The first-order valence-corrected chi connectivity index (χ1v) is 11.0. The molecule has 4 rings (SSSR count). The summed E-state index contributed by atoms with van der Waals surface area (Å²) in [5, 5.41) is 0. The first-order chi connectivity index (χ1) is 13.8. The molecule has 0 spiro atoms. The normalized spacial score (nSPS) is 27.5. The van der Waals surface area contributed by atoms with Gasteiger partial charge in [0, 0.05) is 43.7 Å². The number of likely N-dealkylation sites (tertiary alicyclic amines) is 1. The fourth-order valence-electron chi connectivity index (χ4n) is 4.50. The third-order valence-corrected chi connectivity index (χ3v) is 6.92. The number of hydrogen-bond acceptors (Lipinski definition) is 5. The number of rotatable bonds is 2. The highest BCUT2D eigenvalue weighted by atomic mass is 16.7. The summed E-state index contributed by atoms with van der Waals surface area (Å²) in [6.45, 7) is 17.5. The van der Waals surface area contributed by atoms with Crippen LogP contribution in [0.1, 0.15) is 48.5 Å². The van der Waals surface area contributed by atoms with E-state index in [-0.39, 0.29) is 24.4 Å². The molecule has 164 valence electrons. The third-order valence-electron chi connectivity index (χ3n) is 6.92. The highest BCUT2D eigenvalue weighted by molar-refractivity contribution is 6.62. The lowest BCUT2D eigenvalue weighted by Gasteiger charge is -2.32. The van der Waals surface area contributed by atoms with Crippen molar-refractivity contribution in [3.63, 3.8) is 0 Å². The van der Waals surface area contributed by atoms with E-state index in [0.29, 0.717) is 11.8 Å². The predicted octanol–water partition coefficient (Wildman–Crippen LogP) is 3.29. The number of hydrogen-bond donors (Lipinski definition) is 0. The smallest absolute Gasteiger partial charge is 0.444 e. The molecule has 7 heteroatoms. The number of nitrogens with zero attached hydrogens (tertiary/aromatic N) is 2. The molecule has 30 heavy (non-hydrogen) atoms. The van der Waals surface area contributed by atoms with Gasteiger partial charge in [0.1, 0.15) is 5.60 Å². The van der Waals surface area contributed by atoms with E-state index in [0.717, 1.165) is 31.6 Å². The van der Waals surface area contributed by atoms with E-state index in [9.17, 15) is 4.79 Å². The zero-order chi connectivity index (χ0) is 21.9. The Morgan fingerprint density at radius 1 is 0.967 bits per heavy atom. The van der Waals surface area contributed by atoms with Crippen molar-refractivity contribution < 1.29 is 18.8 Å². The van der Waals surface area contributed by atoms with E-state index in [1.54, 1.807) is 0 Å². The quantitative estimate of drug-likeness (QED) is 0.696. The maximum absolute atomic E-state index is 12.4. The van der Waals surface area contributed by atoms with Gasteiger partial charge in [-0.1, -0.05) is 12.1 Å². The molecule has 1 aromatic rings. The lowest BCUT2D eigenvalue weighted by atomic mass is 9.79. The Morgan fingerprint density at radius 3 is 1.93 bits per heavy atom. The van der Waals surface area contributed by atoms with Crippen LogP contribution in [0.15, 0.2) is 24.3 Å². The van der Waals surface area contributed by atoms with Crippen molar-refractivity contribution in [2.24, 2.45) is 11.8 Å². The fourth-order valence-corrected chi connectivity index (χ4v) is 4.50. The second-order valence-electron chi connectivity index (χ2n) is 11.0. The van der Waals surface area contributed by atoms with E-state index in [2.05, 4.69) is 56.9 Å². The van der Waals surface area contributed by atoms with Crippen molar-refractivity contribution in [3.8, 4) is 0 Å². The van der Waals surface area contributed by atoms with Gasteiger partial charge in [0.25, 0.3) is 0 Å². The van der Waals surface area contributed by atoms with Crippen LogP contribution in [0.4, 0.5) is 10.5 Å². The van der Waals surface area contributed by atoms with Gasteiger partial charge < -0.3 is 23.8 Å². The molecule has 0 N–H and O–H groups in total. The Balaban J connectivity index is 1.35. The molecule has 0 radical (unpaired) electrons. The molecule has 2 atom stereocenters. The van der Waals surface area contributed by atoms with Gasteiger partial charge in [0.15, 0.2) is 0 Å². The standard InChI is InChI=1S/C23H35BN2O4/c1-21(2,3)28-20(27)26-14-16-12-25(13-17(16)15-26)19-10-8-18(9-11-19)24-29-22(4,5)23(6,7)30-24/h8-11,16-17H,12-15H2,1-7H3/t16-,17+. The maximum atomic E-state index is 12.4. The molecular formula is C23H35BN2O4. The molecule has 0 saturated carbocycles. The van der Waals surface area contributed by atoms with Crippen LogP contribution in [0.25, 0.3) is 0 Å². The number of carbonyl (C=O) groups excluding carboxylic acids is 1. The molecule has 6 nitrogen and oxygen atoms in total. The molecule has 0 bridgehead atoms. The van der Waals surface area contributed by atoms with Crippen molar-refractivity contribution in [1.82, 2.24) is 4.90 Å². The van der Waals surface area contributed by atoms with Gasteiger partial charge in [0.2, 0.25) is 0 Å². The van der Waals surface area contributed by atoms with Crippen LogP contribution in [0, 0.1) is 11.8 Å². The monoisotopic (exact) mass is 414 g/mol. The lowest BCUT2D eigenvalue weighted by molar-refractivity contribution is 0.00578. The predicted molar refractivity (Wildman–Crippen MR) is 119 cm³/mol. The average molecular weight is 414 g/mol. The van der Waals surface area contributed by atoms with Crippen molar-refractivity contribution in [1.29, 1.82) is 0 Å². The van der Waals surface area contributed by atoms with E-state index < -0.39 is 5.60 Å². The Kier molecular flexibility index (Phi) is 5.13. The molecule has 3 heterocycles.